The van der Waals surface area contributed by atoms with Crippen LogP contribution in [0.5, 0.6) is 0 Å². The lowest BCUT2D eigenvalue weighted by molar-refractivity contribution is 0.0170. The normalized spacial score (nSPS) is 16.7. The van der Waals surface area contributed by atoms with Crippen LogP contribution in [0.15, 0.2) is 29.3 Å². The molecule has 1 aliphatic rings. The second-order valence-corrected chi connectivity index (χ2v) is 6.17. The molecular weight excluding hydrogens is 467 g/mol. The standard InChI is InChI=1S/C18H29ClN4O2.HI/c1-3-24-11-8-21-18(20-2)22-14-17(23-9-12-25-13-10-23)15-6-4-5-7-16(15)19;/h4-7,17H,3,8-14H2,1-2H3,(H2,20,21,22);1H. The first-order valence-corrected chi connectivity index (χ1v) is 9.22. The largest absolute Gasteiger partial charge is 0.380 e. The first-order chi connectivity index (χ1) is 12.3. The van der Waals surface area contributed by atoms with Gasteiger partial charge in [0.25, 0.3) is 0 Å². The van der Waals surface area contributed by atoms with Crippen LogP contribution in [0.25, 0.3) is 0 Å². The summed E-state index contributed by atoms with van der Waals surface area (Å²) < 4.78 is 10.8. The van der Waals surface area contributed by atoms with Gasteiger partial charge in [-0.25, -0.2) is 0 Å². The van der Waals surface area contributed by atoms with E-state index in [1.807, 2.05) is 25.1 Å². The molecule has 1 atom stereocenters. The van der Waals surface area contributed by atoms with Gasteiger partial charge in [-0.1, -0.05) is 29.8 Å². The van der Waals surface area contributed by atoms with E-state index >= 15 is 0 Å². The molecule has 26 heavy (non-hydrogen) atoms. The highest BCUT2D eigenvalue weighted by Crippen LogP contribution is 2.27. The smallest absolute Gasteiger partial charge is 0.191 e. The highest BCUT2D eigenvalue weighted by atomic mass is 127. The van der Waals surface area contributed by atoms with E-state index in [9.17, 15) is 0 Å². The third kappa shape index (κ3) is 7.56. The zero-order valence-corrected chi connectivity index (χ0v) is 18.6. The Kier molecular flexibility index (Phi) is 12.2. The number of guanidine groups is 1. The molecular formula is C18H30ClIN4O2. The van der Waals surface area contributed by atoms with Crippen LogP contribution in [0.4, 0.5) is 0 Å². The quantitative estimate of drug-likeness (QED) is 0.251. The molecule has 1 aromatic rings. The van der Waals surface area contributed by atoms with Crippen LogP contribution in [-0.4, -0.2) is 70.5 Å². The third-order valence-corrected chi connectivity index (χ3v) is 4.52. The fraction of sp³-hybridized carbons (Fsp3) is 0.611. The molecule has 0 aromatic heterocycles. The number of nitrogens with one attached hydrogen (secondary N) is 2. The van der Waals surface area contributed by atoms with E-state index in [0.29, 0.717) is 6.61 Å². The van der Waals surface area contributed by atoms with E-state index in [1.54, 1.807) is 7.05 Å². The SMILES string of the molecule is CCOCCNC(=NC)NCC(c1ccccc1Cl)N1CCOCC1.I. The van der Waals surface area contributed by atoms with E-state index in [4.69, 9.17) is 21.1 Å². The summed E-state index contributed by atoms with van der Waals surface area (Å²) in [6, 6.07) is 8.20. The van der Waals surface area contributed by atoms with Crippen LogP contribution in [-0.2, 0) is 9.47 Å². The molecule has 2 N–H and O–H groups in total. The van der Waals surface area contributed by atoms with Gasteiger partial charge < -0.3 is 20.1 Å². The summed E-state index contributed by atoms with van der Waals surface area (Å²) in [5.74, 6) is 0.769. The Bertz CT molecular complexity index is 542. The van der Waals surface area contributed by atoms with Crippen LogP contribution in [0.3, 0.4) is 0 Å². The maximum absolute atomic E-state index is 6.46. The van der Waals surface area contributed by atoms with Crippen molar-refractivity contribution in [2.24, 2.45) is 4.99 Å². The van der Waals surface area contributed by atoms with Gasteiger partial charge in [-0.2, -0.15) is 0 Å². The van der Waals surface area contributed by atoms with Crippen molar-refractivity contribution in [3.05, 3.63) is 34.9 Å². The number of rotatable bonds is 8. The summed E-state index contributed by atoms with van der Waals surface area (Å²) >= 11 is 6.46. The molecule has 8 heteroatoms. The van der Waals surface area contributed by atoms with Gasteiger partial charge in [-0.3, -0.25) is 9.89 Å². The van der Waals surface area contributed by atoms with Crippen molar-refractivity contribution < 1.29 is 9.47 Å². The number of nitrogens with zero attached hydrogens (tertiary/aromatic N) is 2. The van der Waals surface area contributed by atoms with Crippen molar-refractivity contribution in [2.75, 3.05) is 59.7 Å². The van der Waals surface area contributed by atoms with E-state index in [2.05, 4.69) is 26.6 Å². The lowest BCUT2D eigenvalue weighted by Crippen LogP contribution is -2.46. The average molecular weight is 497 g/mol. The molecule has 0 spiro atoms. The van der Waals surface area contributed by atoms with Gasteiger partial charge in [-0.05, 0) is 18.6 Å². The maximum Gasteiger partial charge on any atom is 0.191 e. The third-order valence-electron chi connectivity index (χ3n) is 4.18. The van der Waals surface area contributed by atoms with Crippen LogP contribution in [0.2, 0.25) is 5.02 Å². The van der Waals surface area contributed by atoms with Gasteiger partial charge in [-0.15, -0.1) is 24.0 Å². The van der Waals surface area contributed by atoms with Crippen molar-refractivity contribution >= 4 is 41.5 Å². The summed E-state index contributed by atoms with van der Waals surface area (Å²) in [4.78, 5) is 6.69. The van der Waals surface area contributed by atoms with Crippen LogP contribution in [0.1, 0.15) is 18.5 Å². The molecule has 6 nitrogen and oxygen atoms in total. The van der Waals surface area contributed by atoms with Gasteiger partial charge in [0.05, 0.1) is 25.9 Å². The summed E-state index contributed by atoms with van der Waals surface area (Å²) in [7, 11) is 1.77. The number of morpholine rings is 1. The molecule has 0 bridgehead atoms. The monoisotopic (exact) mass is 496 g/mol. The molecule has 148 valence electrons. The van der Waals surface area contributed by atoms with Gasteiger partial charge in [0.2, 0.25) is 0 Å². The van der Waals surface area contributed by atoms with Crippen molar-refractivity contribution in [3.63, 3.8) is 0 Å². The number of halogens is 2. The molecule has 0 aliphatic carbocycles. The summed E-state index contributed by atoms with van der Waals surface area (Å²) in [5, 5.41) is 7.47. The number of hydrogen-bond acceptors (Lipinski definition) is 4. The van der Waals surface area contributed by atoms with Gasteiger partial charge in [0, 0.05) is 44.9 Å². The maximum atomic E-state index is 6.46. The van der Waals surface area contributed by atoms with Gasteiger partial charge in [0.1, 0.15) is 0 Å². The Morgan fingerprint density at radius 2 is 2.04 bits per heavy atom. The molecule has 0 amide bonds. The number of ether oxygens (including phenoxy) is 2. The van der Waals surface area contributed by atoms with E-state index in [0.717, 1.165) is 62.5 Å². The minimum absolute atomic E-state index is 0. The first-order valence-electron chi connectivity index (χ1n) is 8.84. The Morgan fingerprint density at radius 1 is 1.31 bits per heavy atom. The molecule has 1 unspecified atom stereocenters. The molecule has 0 saturated carbocycles. The van der Waals surface area contributed by atoms with E-state index < -0.39 is 0 Å². The van der Waals surface area contributed by atoms with Gasteiger partial charge >= 0.3 is 0 Å². The lowest BCUT2D eigenvalue weighted by Gasteiger charge is -2.35. The first kappa shape index (κ1) is 23.4. The molecule has 1 aliphatic heterocycles. The zero-order valence-electron chi connectivity index (χ0n) is 15.5. The van der Waals surface area contributed by atoms with Crippen LogP contribution >= 0.6 is 35.6 Å². The summed E-state index contributed by atoms with van der Waals surface area (Å²) in [6.45, 7) is 8.11. The summed E-state index contributed by atoms with van der Waals surface area (Å²) in [6.07, 6.45) is 0. The minimum atomic E-state index is 0. The second kappa shape index (κ2) is 13.5. The highest BCUT2D eigenvalue weighted by molar-refractivity contribution is 14.0. The van der Waals surface area contributed by atoms with Crippen molar-refractivity contribution in [2.45, 2.75) is 13.0 Å². The van der Waals surface area contributed by atoms with E-state index in [1.165, 1.54) is 0 Å². The molecule has 0 radical (unpaired) electrons. The highest BCUT2D eigenvalue weighted by Gasteiger charge is 2.24. The fourth-order valence-electron chi connectivity index (χ4n) is 2.87. The Hall–Kier alpha value is -0.610. The number of hydrogen-bond donors (Lipinski definition) is 2. The van der Waals surface area contributed by atoms with Crippen LogP contribution < -0.4 is 10.6 Å². The fourth-order valence-corrected chi connectivity index (χ4v) is 3.13. The average Bonchev–Trinajstić information content (AvgIpc) is 2.65. The summed E-state index contributed by atoms with van der Waals surface area (Å²) in [5.41, 5.74) is 1.13. The van der Waals surface area contributed by atoms with E-state index in [-0.39, 0.29) is 30.0 Å². The topological polar surface area (TPSA) is 58.1 Å². The Balaban J connectivity index is 0.00000338. The van der Waals surface area contributed by atoms with Crippen molar-refractivity contribution in [3.8, 4) is 0 Å². The molecule has 1 heterocycles. The predicted octanol–water partition coefficient (Wildman–Crippen LogP) is 2.53. The Labute approximate surface area is 178 Å². The van der Waals surface area contributed by atoms with Crippen molar-refractivity contribution in [1.29, 1.82) is 0 Å². The minimum Gasteiger partial charge on any atom is -0.380 e. The van der Waals surface area contributed by atoms with Crippen molar-refractivity contribution in [1.82, 2.24) is 15.5 Å². The molecule has 1 fully saturated rings. The second-order valence-electron chi connectivity index (χ2n) is 5.76. The number of benzene rings is 1. The lowest BCUT2D eigenvalue weighted by atomic mass is 10.0. The molecule has 1 aromatic carbocycles. The predicted molar refractivity (Wildman–Crippen MR) is 118 cm³/mol. The Morgan fingerprint density at radius 3 is 2.69 bits per heavy atom. The number of aliphatic imine (C=N–C) groups is 1. The molecule has 1 saturated heterocycles. The van der Waals surface area contributed by atoms with Crippen LogP contribution in [0, 0.1) is 0 Å². The van der Waals surface area contributed by atoms with Gasteiger partial charge in [0.15, 0.2) is 5.96 Å². The molecule has 2 rings (SSSR count). The zero-order chi connectivity index (χ0) is 17.9.